The van der Waals surface area contributed by atoms with Crippen LogP contribution < -0.4 is 5.69 Å². The van der Waals surface area contributed by atoms with E-state index in [9.17, 15) is 4.79 Å². The molecular weight excluding hydrogens is 462 g/mol. The van der Waals surface area contributed by atoms with Crippen LogP contribution in [-0.2, 0) is 13.0 Å². The number of aryl methyl sites for hydroxylation is 1. The van der Waals surface area contributed by atoms with E-state index < -0.39 is 0 Å². The number of rotatable bonds is 8. The molecule has 6 rings (SSSR count). The molecular formula is C29H31N7O. The average Bonchev–Trinajstić information content (AvgIpc) is 3.53. The lowest BCUT2D eigenvalue weighted by atomic mass is 9.98. The van der Waals surface area contributed by atoms with E-state index in [2.05, 4.69) is 67.9 Å². The van der Waals surface area contributed by atoms with Crippen molar-refractivity contribution in [3.63, 3.8) is 0 Å². The minimum absolute atomic E-state index is 0.0212. The van der Waals surface area contributed by atoms with E-state index in [0.29, 0.717) is 6.54 Å². The van der Waals surface area contributed by atoms with Gasteiger partial charge >= 0.3 is 5.69 Å². The molecule has 8 nitrogen and oxygen atoms in total. The van der Waals surface area contributed by atoms with Crippen molar-refractivity contribution in [3.8, 4) is 0 Å². The Kier molecular flexibility index (Phi) is 6.64. The normalized spacial score (nSPS) is 15.8. The van der Waals surface area contributed by atoms with Gasteiger partial charge in [0.2, 0.25) is 0 Å². The molecule has 3 heterocycles. The Balaban J connectivity index is 1.24. The Morgan fingerprint density at radius 3 is 2.30 bits per heavy atom. The topological polar surface area (TPSA) is 84.6 Å². The second kappa shape index (κ2) is 10.5. The van der Waals surface area contributed by atoms with Crippen molar-refractivity contribution in [2.24, 2.45) is 0 Å². The number of tetrazole rings is 1. The molecule has 3 aromatic carbocycles. The van der Waals surface area contributed by atoms with E-state index >= 15 is 0 Å². The summed E-state index contributed by atoms with van der Waals surface area (Å²) < 4.78 is 3.90. The summed E-state index contributed by atoms with van der Waals surface area (Å²) in [5.41, 5.74) is 4.35. The number of H-pyrrole nitrogens is 1. The predicted molar refractivity (Wildman–Crippen MR) is 143 cm³/mol. The quantitative estimate of drug-likeness (QED) is 0.347. The number of piperidine rings is 1. The van der Waals surface area contributed by atoms with Gasteiger partial charge in [-0.2, -0.15) is 0 Å². The van der Waals surface area contributed by atoms with Crippen LogP contribution in [0.25, 0.3) is 11.0 Å². The van der Waals surface area contributed by atoms with Gasteiger partial charge in [-0.15, -0.1) is 5.10 Å². The number of imidazole rings is 1. The molecule has 0 radical (unpaired) electrons. The molecule has 0 spiro atoms. The lowest BCUT2D eigenvalue weighted by molar-refractivity contribution is 0.120. The molecule has 0 bridgehead atoms. The number of fused-ring (bicyclic) bond motifs is 1. The highest BCUT2D eigenvalue weighted by Crippen LogP contribution is 2.32. The number of para-hydroxylation sites is 2. The van der Waals surface area contributed by atoms with Crippen molar-refractivity contribution in [1.29, 1.82) is 0 Å². The summed E-state index contributed by atoms with van der Waals surface area (Å²) in [6.07, 6.45) is 3.69. The van der Waals surface area contributed by atoms with Gasteiger partial charge in [-0.25, -0.2) is 9.48 Å². The lowest BCUT2D eigenvalue weighted by Gasteiger charge is -2.37. The number of aromatic nitrogens is 6. The maximum Gasteiger partial charge on any atom is 0.326 e. The highest BCUT2D eigenvalue weighted by molar-refractivity contribution is 5.75. The van der Waals surface area contributed by atoms with Gasteiger partial charge in [-0.3, -0.25) is 9.47 Å². The summed E-state index contributed by atoms with van der Waals surface area (Å²) >= 11 is 0. The number of nitrogens with one attached hydrogen (secondary N) is 1. The minimum atomic E-state index is -0.0212. The van der Waals surface area contributed by atoms with Crippen LogP contribution in [0, 0.1) is 0 Å². The van der Waals surface area contributed by atoms with Crippen LogP contribution in [0.2, 0.25) is 0 Å². The van der Waals surface area contributed by atoms with E-state index in [1.807, 2.05) is 51.7 Å². The molecule has 1 aliphatic heterocycles. The summed E-state index contributed by atoms with van der Waals surface area (Å²) in [5.74, 6) is 0.905. The Labute approximate surface area is 215 Å². The van der Waals surface area contributed by atoms with Gasteiger partial charge in [0.15, 0.2) is 5.82 Å². The molecule has 8 heteroatoms. The van der Waals surface area contributed by atoms with Crippen LogP contribution in [-0.4, -0.2) is 47.7 Å². The van der Waals surface area contributed by atoms with Crippen molar-refractivity contribution in [3.05, 3.63) is 112 Å². The molecule has 1 fully saturated rings. The monoisotopic (exact) mass is 493 g/mol. The SMILES string of the molecule is O=c1[nH]c2ccccc2n1C1CCN(C(CCc2ccccc2)c2nnnn2Cc2ccccc2)CC1. The second-order valence-electron chi connectivity index (χ2n) is 9.80. The maximum atomic E-state index is 12.8. The molecule has 1 N–H and O–H groups in total. The van der Waals surface area contributed by atoms with Crippen molar-refractivity contribution in [2.45, 2.75) is 44.3 Å². The Bertz CT molecular complexity index is 1500. The van der Waals surface area contributed by atoms with Crippen molar-refractivity contribution < 1.29 is 0 Å². The number of benzene rings is 3. The van der Waals surface area contributed by atoms with E-state index in [1.54, 1.807) is 0 Å². The fraction of sp³-hybridized carbons (Fsp3) is 0.310. The van der Waals surface area contributed by atoms with E-state index in [-0.39, 0.29) is 17.8 Å². The summed E-state index contributed by atoms with van der Waals surface area (Å²) in [6.45, 7) is 2.41. The van der Waals surface area contributed by atoms with E-state index in [0.717, 1.165) is 55.6 Å². The van der Waals surface area contributed by atoms with Gasteiger partial charge in [0.25, 0.3) is 0 Å². The molecule has 0 aliphatic carbocycles. The standard InChI is InChI=1S/C29H31N7O/c37-29-30-25-13-7-8-14-26(25)36(29)24-17-19-34(20-18-24)27(16-15-22-9-3-1-4-10-22)28-31-32-33-35(28)21-23-11-5-2-6-12-23/h1-14,24,27H,15-21H2,(H,30,37). The minimum Gasteiger partial charge on any atom is -0.306 e. The number of hydrogen-bond donors (Lipinski definition) is 1. The molecule has 2 aromatic heterocycles. The zero-order valence-electron chi connectivity index (χ0n) is 20.8. The number of likely N-dealkylation sites (tertiary alicyclic amines) is 1. The third-order valence-corrected chi connectivity index (χ3v) is 7.51. The van der Waals surface area contributed by atoms with Gasteiger partial charge in [0.1, 0.15) is 0 Å². The van der Waals surface area contributed by atoms with Crippen LogP contribution in [0.3, 0.4) is 0 Å². The van der Waals surface area contributed by atoms with Crippen LogP contribution in [0.1, 0.15) is 48.3 Å². The van der Waals surface area contributed by atoms with Gasteiger partial charge in [0.05, 0.1) is 23.6 Å². The number of hydrogen-bond acceptors (Lipinski definition) is 5. The molecule has 1 atom stereocenters. The van der Waals surface area contributed by atoms with E-state index in [1.165, 1.54) is 11.1 Å². The Morgan fingerprint density at radius 2 is 1.54 bits per heavy atom. The fourth-order valence-corrected chi connectivity index (χ4v) is 5.63. The fourth-order valence-electron chi connectivity index (χ4n) is 5.63. The third kappa shape index (κ3) is 4.97. The Hall–Kier alpha value is -4.04. The predicted octanol–water partition coefficient (Wildman–Crippen LogP) is 4.38. The third-order valence-electron chi connectivity index (χ3n) is 7.51. The van der Waals surface area contributed by atoms with Gasteiger partial charge < -0.3 is 4.98 Å². The average molecular weight is 494 g/mol. The van der Waals surface area contributed by atoms with Gasteiger partial charge in [-0.05, 0) is 59.4 Å². The first-order chi connectivity index (χ1) is 18.3. The molecule has 1 saturated heterocycles. The zero-order valence-corrected chi connectivity index (χ0v) is 20.8. The van der Waals surface area contributed by atoms with Gasteiger partial charge in [-0.1, -0.05) is 72.8 Å². The van der Waals surface area contributed by atoms with Crippen LogP contribution >= 0.6 is 0 Å². The first-order valence-electron chi connectivity index (χ1n) is 13.0. The number of nitrogens with zero attached hydrogens (tertiary/aromatic N) is 6. The van der Waals surface area contributed by atoms with Crippen molar-refractivity contribution >= 4 is 11.0 Å². The summed E-state index contributed by atoms with van der Waals surface area (Å²) in [4.78, 5) is 18.3. The summed E-state index contributed by atoms with van der Waals surface area (Å²) in [6, 6.07) is 29.1. The smallest absolute Gasteiger partial charge is 0.306 e. The summed E-state index contributed by atoms with van der Waals surface area (Å²) in [5, 5.41) is 13.0. The van der Waals surface area contributed by atoms with E-state index in [4.69, 9.17) is 0 Å². The molecule has 1 aliphatic rings. The zero-order chi connectivity index (χ0) is 25.0. The van der Waals surface area contributed by atoms with Crippen LogP contribution in [0.4, 0.5) is 0 Å². The highest BCUT2D eigenvalue weighted by Gasteiger charge is 2.31. The first-order valence-corrected chi connectivity index (χ1v) is 13.0. The van der Waals surface area contributed by atoms with Crippen molar-refractivity contribution in [1.82, 2.24) is 34.7 Å². The second-order valence-corrected chi connectivity index (χ2v) is 9.80. The Morgan fingerprint density at radius 1 is 0.865 bits per heavy atom. The molecule has 1 unspecified atom stereocenters. The molecule has 37 heavy (non-hydrogen) atoms. The van der Waals surface area contributed by atoms with Crippen molar-refractivity contribution in [2.75, 3.05) is 13.1 Å². The largest absolute Gasteiger partial charge is 0.326 e. The lowest BCUT2D eigenvalue weighted by Crippen LogP contribution is -2.40. The first kappa shape index (κ1) is 23.4. The summed E-state index contributed by atoms with van der Waals surface area (Å²) in [7, 11) is 0. The molecule has 0 saturated carbocycles. The maximum absolute atomic E-state index is 12.8. The highest BCUT2D eigenvalue weighted by atomic mass is 16.1. The van der Waals surface area contributed by atoms with Gasteiger partial charge in [0, 0.05) is 19.1 Å². The van der Waals surface area contributed by atoms with Crippen LogP contribution in [0.15, 0.2) is 89.7 Å². The van der Waals surface area contributed by atoms with Crippen LogP contribution in [0.5, 0.6) is 0 Å². The number of aromatic amines is 1. The molecule has 188 valence electrons. The molecule has 0 amide bonds. The molecule has 5 aromatic rings.